The molecular weight excluding hydrogens is 383 g/mol. The molecule has 3 aromatic heterocycles. The zero-order valence-corrected chi connectivity index (χ0v) is 17.3. The van der Waals surface area contributed by atoms with Gasteiger partial charge in [0.2, 0.25) is 5.95 Å². The maximum Gasteiger partial charge on any atom is 0.222 e. The van der Waals surface area contributed by atoms with Crippen LogP contribution in [0.2, 0.25) is 0 Å². The molecule has 0 aromatic carbocycles. The number of fused-ring (bicyclic) bond motifs is 1. The number of allylic oxidation sites excluding steroid dienone is 1. The summed E-state index contributed by atoms with van der Waals surface area (Å²) in [6.07, 6.45) is 6.34. The van der Waals surface area contributed by atoms with E-state index >= 15 is 0 Å². The van der Waals surface area contributed by atoms with E-state index in [2.05, 4.69) is 27.0 Å². The molecule has 5 rings (SSSR count). The van der Waals surface area contributed by atoms with E-state index in [-0.39, 0.29) is 6.04 Å². The van der Waals surface area contributed by atoms with E-state index in [1.165, 1.54) is 0 Å². The molecule has 0 saturated carbocycles. The molecule has 0 amide bonds. The van der Waals surface area contributed by atoms with Gasteiger partial charge < -0.3 is 9.64 Å². The van der Waals surface area contributed by atoms with Crippen LogP contribution in [-0.2, 0) is 11.2 Å². The van der Waals surface area contributed by atoms with Crippen LogP contribution in [0.1, 0.15) is 29.7 Å². The fraction of sp³-hybridized carbons (Fsp3) is 0.364. The van der Waals surface area contributed by atoms with Crippen molar-refractivity contribution in [2.45, 2.75) is 33.2 Å². The molecule has 3 aromatic rings. The topological polar surface area (TPSA) is 69.0 Å². The first-order valence-electron chi connectivity index (χ1n) is 10.1. The van der Waals surface area contributed by atoms with Crippen LogP contribution in [0, 0.1) is 19.8 Å². The van der Waals surface area contributed by atoms with E-state index in [1.54, 1.807) is 6.20 Å². The van der Waals surface area contributed by atoms with Gasteiger partial charge in [-0.1, -0.05) is 12.2 Å². The Morgan fingerprint density at radius 2 is 1.97 bits per heavy atom. The number of halogens is 1. The maximum atomic E-state index is 15.0. The van der Waals surface area contributed by atoms with E-state index in [0.717, 1.165) is 47.2 Å². The number of ether oxygens (including phenoxy) is 1. The molecule has 0 N–H and O–H groups in total. The zero-order valence-electron chi connectivity index (χ0n) is 17.3. The molecule has 1 aliphatic carbocycles. The Labute approximate surface area is 174 Å². The van der Waals surface area contributed by atoms with Gasteiger partial charge in [-0.2, -0.15) is 4.39 Å². The summed E-state index contributed by atoms with van der Waals surface area (Å²) in [5, 5.41) is 8.38. The van der Waals surface area contributed by atoms with E-state index in [1.807, 2.05) is 42.7 Å². The van der Waals surface area contributed by atoms with E-state index in [9.17, 15) is 4.39 Å². The van der Waals surface area contributed by atoms with Crippen molar-refractivity contribution in [2.75, 3.05) is 24.7 Å². The second-order valence-corrected chi connectivity index (χ2v) is 7.79. The lowest BCUT2D eigenvalue weighted by atomic mass is 10.0. The first-order valence-corrected chi connectivity index (χ1v) is 10.1. The van der Waals surface area contributed by atoms with Crippen LogP contribution >= 0.6 is 0 Å². The predicted molar refractivity (Wildman–Crippen MR) is 112 cm³/mol. The number of hydrogen-bond acceptors (Lipinski definition) is 6. The minimum atomic E-state index is -0.511. The number of rotatable bonds is 3. The van der Waals surface area contributed by atoms with Gasteiger partial charge in [-0.15, -0.1) is 10.2 Å². The van der Waals surface area contributed by atoms with Gasteiger partial charge >= 0.3 is 0 Å². The molecule has 0 spiro atoms. The average molecular weight is 406 g/mol. The molecule has 1 fully saturated rings. The van der Waals surface area contributed by atoms with Crippen LogP contribution < -0.4 is 4.90 Å². The summed E-state index contributed by atoms with van der Waals surface area (Å²) in [4.78, 5) is 11.1. The second-order valence-electron chi connectivity index (χ2n) is 7.79. The molecule has 7 nitrogen and oxygen atoms in total. The minimum Gasteiger partial charge on any atom is -0.377 e. The molecule has 0 bridgehead atoms. The Balaban J connectivity index is 1.74. The quantitative estimate of drug-likeness (QED) is 0.622. The van der Waals surface area contributed by atoms with Gasteiger partial charge in [0.05, 0.1) is 36.2 Å². The van der Waals surface area contributed by atoms with Crippen molar-refractivity contribution in [2.24, 2.45) is 0 Å². The third-order valence-corrected chi connectivity index (χ3v) is 5.74. The molecule has 0 radical (unpaired) electrons. The van der Waals surface area contributed by atoms with Gasteiger partial charge in [-0.25, -0.2) is 9.97 Å². The second kappa shape index (κ2) is 7.28. The summed E-state index contributed by atoms with van der Waals surface area (Å²) in [7, 11) is 0. The van der Waals surface area contributed by atoms with Crippen LogP contribution in [0.25, 0.3) is 23.0 Å². The highest BCUT2D eigenvalue weighted by atomic mass is 19.1. The molecule has 4 heterocycles. The lowest BCUT2D eigenvalue weighted by molar-refractivity contribution is 0.0985. The third kappa shape index (κ3) is 3.08. The Morgan fingerprint density at radius 1 is 1.17 bits per heavy atom. The van der Waals surface area contributed by atoms with Crippen molar-refractivity contribution >= 4 is 11.9 Å². The fourth-order valence-electron chi connectivity index (χ4n) is 4.26. The number of aryl methyl sites for hydroxylation is 2. The first-order chi connectivity index (χ1) is 14.5. The smallest absolute Gasteiger partial charge is 0.222 e. The molecule has 1 saturated heterocycles. The summed E-state index contributed by atoms with van der Waals surface area (Å²) in [5.41, 5.74) is 3.71. The van der Waals surface area contributed by atoms with Crippen LogP contribution in [0.4, 0.5) is 10.2 Å². The van der Waals surface area contributed by atoms with Crippen molar-refractivity contribution in [1.82, 2.24) is 24.7 Å². The molecule has 2 aliphatic rings. The van der Waals surface area contributed by atoms with Crippen molar-refractivity contribution in [1.29, 1.82) is 0 Å². The monoisotopic (exact) mass is 406 g/mol. The normalized spacial score (nSPS) is 18.1. The van der Waals surface area contributed by atoms with E-state index < -0.39 is 5.95 Å². The standard InChI is InChI=1S/C22H23FN6O/c1-13-12-30-8-7-28(13)20-10-17(29-14(2)26-27-15(29)3)9-19(25-20)21-18-6-4-5-16(18)11-24-22(21)23/h4,6,9-11,13H,5,7-8,12H2,1-3H3/t13-/m1/s1. The summed E-state index contributed by atoms with van der Waals surface area (Å²) in [6, 6.07) is 4.07. The SMILES string of the molecule is Cc1nnc(C)n1-c1cc(-c2c(F)ncc3c2C=CC3)nc(N2CCOC[C@H]2C)c1. The van der Waals surface area contributed by atoms with Crippen molar-refractivity contribution in [3.63, 3.8) is 0 Å². The summed E-state index contributed by atoms with van der Waals surface area (Å²) >= 11 is 0. The van der Waals surface area contributed by atoms with Crippen LogP contribution in [0.15, 0.2) is 24.4 Å². The molecule has 154 valence electrons. The van der Waals surface area contributed by atoms with Crippen molar-refractivity contribution in [3.05, 3.63) is 53.1 Å². The molecule has 8 heteroatoms. The Hall–Kier alpha value is -3.13. The summed E-state index contributed by atoms with van der Waals surface area (Å²) < 4.78 is 22.5. The molecule has 30 heavy (non-hydrogen) atoms. The highest BCUT2D eigenvalue weighted by molar-refractivity contribution is 5.79. The lowest BCUT2D eigenvalue weighted by Gasteiger charge is -2.34. The van der Waals surface area contributed by atoms with Gasteiger partial charge in [-0.05, 0) is 44.4 Å². The predicted octanol–water partition coefficient (Wildman–Crippen LogP) is 3.27. The lowest BCUT2D eigenvalue weighted by Crippen LogP contribution is -2.44. The molecule has 1 atom stereocenters. The zero-order chi connectivity index (χ0) is 20.8. The number of nitrogens with zero attached hydrogens (tertiary/aromatic N) is 6. The van der Waals surface area contributed by atoms with Gasteiger partial charge in [0.15, 0.2) is 0 Å². The van der Waals surface area contributed by atoms with Crippen molar-refractivity contribution < 1.29 is 9.13 Å². The number of morpholine rings is 1. The Morgan fingerprint density at radius 3 is 2.73 bits per heavy atom. The van der Waals surface area contributed by atoms with Crippen molar-refractivity contribution in [3.8, 4) is 16.9 Å². The molecular formula is C22H23FN6O. The summed E-state index contributed by atoms with van der Waals surface area (Å²) in [6.45, 7) is 7.91. The number of pyridine rings is 2. The summed E-state index contributed by atoms with van der Waals surface area (Å²) in [5.74, 6) is 1.80. The van der Waals surface area contributed by atoms with E-state index in [0.29, 0.717) is 24.5 Å². The van der Waals surface area contributed by atoms with Crippen LogP contribution in [-0.4, -0.2) is 50.5 Å². The average Bonchev–Trinajstić information content (AvgIpc) is 3.34. The third-order valence-electron chi connectivity index (χ3n) is 5.74. The number of aromatic nitrogens is 5. The van der Waals surface area contributed by atoms with Gasteiger partial charge in [-0.3, -0.25) is 4.57 Å². The van der Waals surface area contributed by atoms with Gasteiger partial charge in [0.25, 0.3) is 0 Å². The fourth-order valence-corrected chi connectivity index (χ4v) is 4.26. The highest BCUT2D eigenvalue weighted by Crippen LogP contribution is 2.34. The van der Waals surface area contributed by atoms with Gasteiger partial charge in [0.1, 0.15) is 17.5 Å². The largest absolute Gasteiger partial charge is 0.377 e. The first kappa shape index (κ1) is 18.9. The Kier molecular flexibility index (Phi) is 4.58. The minimum absolute atomic E-state index is 0.168. The van der Waals surface area contributed by atoms with E-state index in [4.69, 9.17) is 9.72 Å². The molecule has 1 aliphatic heterocycles. The van der Waals surface area contributed by atoms with Crippen LogP contribution in [0.3, 0.4) is 0 Å². The van der Waals surface area contributed by atoms with Gasteiger partial charge in [0, 0.05) is 18.8 Å². The van der Waals surface area contributed by atoms with Crippen LogP contribution in [0.5, 0.6) is 0 Å². The Bertz CT molecular complexity index is 1140. The maximum absolute atomic E-state index is 15.0. The number of anilines is 1. The highest BCUT2D eigenvalue weighted by Gasteiger charge is 2.25. The number of hydrogen-bond donors (Lipinski definition) is 0. The molecule has 0 unspecified atom stereocenters.